The van der Waals surface area contributed by atoms with Crippen LogP contribution < -0.4 is 4.72 Å². The summed E-state index contributed by atoms with van der Waals surface area (Å²) in [6, 6.07) is 7.76. The van der Waals surface area contributed by atoms with Crippen molar-refractivity contribution >= 4 is 15.9 Å². The third-order valence-corrected chi connectivity index (χ3v) is 6.81. The van der Waals surface area contributed by atoms with Crippen molar-refractivity contribution in [3.63, 3.8) is 0 Å². The highest BCUT2D eigenvalue weighted by Gasteiger charge is 2.21. The number of amides is 1. The first-order valence-corrected chi connectivity index (χ1v) is 12.7. The zero-order valence-corrected chi connectivity index (χ0v) is 20.4. The first kappa shape index (κ1) is 26.4. The number of sulfonamides is 1. The highest BCUT2D eigenvalue weighted by molar-refractivity contribution is 7.90. The van der Waals surface area contributed by atoms with E-state index in [-0.39, 0.29) is 23.8 Å². The van der Waals surface area contributed by atoms with Crippen molar-refractivity contribution < 1.29 is 17.6 Å². The summed E-state index contributed by atoms with van der Waals surface area (Å²) in [5.41, 5.74) is 2.26. The van der Waals surface area contributed by atoms with E-state index in [1.807, 2.05) is 33.8 Å². The molecule has 2 aromatic rings. The molecule has 0 saturated heterocycles. The molecule has 0 aliphatic heterocycles. The van der Waals surface area contributed by atoms with E-state index in [0.717, 1.165) is 13.1 Å². The zero-order valence-electron chi connectivity index (χ0n) is 19.6. The Kier molecular flexibility index (Phi) is 9.50. The summed E-state index contributed by atoms with van der Waals surface area (Å²) in [6.07, 6.45) is 1.62. The van der Waals surface area contributed by atoms with Crippen molar-refractivity contribution in [1.82, 2.24) is 14.6 Å². The number of halogens is 1. The molecule has 0 fully saturated rings. The quantitative estimate of drug-likeness (QED) is 0.534. The Morgan fingerprint density at radius 2 is 1.94 bits per heavy atom. The maximum atomic E-state index is 14.4. The van der Waals surface area contributed by atoms with E-state index in [2.05, 4.69) is 14.6 Å². The average Bonchev–Trinajstić information content (AvgIpc) is 2.77. The van der Waals surface area contributed by atoms with Crippen molar-refractivity contribution in [2.75, 3.05) is 25.4 Å². The molecule has 1 aromatic carbocycles. The number of carbonyl (C=O) groups excluding carboxylic acids is 1. The Labute approximate surface area is 195 Å². The van der Waals surface area contributed by atoms with Gasteiger partial charge in [-0.1, -0.05) is 27.7 Å². The third kappa shape index (κ3) is 7.62. The number of pyridine rings is 1. The first-order valence-electron chi connectivity index (χ1n) is 11.0. The molecule has 7 nitrogen and oxygen atoms in total. The molecular formula is C24H31FN4O3S. The second-order valence-corrected chi connectivity index (χ2v) is 9.96. The molecule has 0 unspecified atom stereocenters. The molecule has 0 aliphatic rings. The number of rotatable bonds is 11. The lowest BCUT2D eigenvalue weighted by Gasteiger charge is -2.19. The maximum absolute atomic E-state index is 14.4. The minimum atomic E-state index is -3.80. The fourth-order valence-corrected chi connectivity index (χ4v) is 4.76. The molecule has 0 bridgehead atoms. The van der Waals surface area contributed by atoms with E-state index in [4.69, 9.17) is 5.26 Å². The SMILES string of the molecule is CCN(CC)CCCS(=O)(=O)NC(=O)Cc1c(-c2ccnc(C#N)c2)cc(F)cc1C(C)C. The molecule has 9 heteroatoms. The Hall–Kier alpha value is -2.83. The molecule has 0 spiro atoms. The second kappa shape index (κ2) is 11.9. The van der Waals surface area contributed by atoms with Crippen LogP contribution in [0.2, 0.25) is 0 Å². The van der Waals surface area contributed by atoms with Crippen LogP contribution in [-0.4, -0.2) is 49.6 Å². The molecule has 178 valence electrons. The van der Waals surface area contributed by atoms with E-state index < -0.39 is 21.7 Å². The molecule has 0 aliphatic carbocycles. The molecule has 2 rings (SSSR count). The van der Waals surface area contributed by atoms with Crippen LogP contribution in [0.25, 0.3) is 11.1 Å². The van der Waals surface area contributed by atoms with Gasteiger partial charge in [-0.25, -0.2) is 17.8 Å². The fourth-order valence-electron chi connectivity index (χ4n) is 3.73. The zero-order chi connectivity index (χ0) is 24.6. The van der Waals surface area contributed by atoms with Gasteiger partial charge in [0.15, 0.2) is 0 Å². The molecule has 1 aromatic heterocycles. The second-order valence-electron chi connectivity index (χ2n) is 8.12. The lowest BCUT2D eigenvalue weighted by molar-refractivity contribution is -0.118. The topological polar surface area (TPSA) is 103 Å². The normalized spacial score (nSPS) is 11.6. The minimum absolute atomic E-state index is 0.106. The molecule has 0 radical (unpaired) electrons. The lowest BCUT2D eigenvalue weighted by atomic mass is 9.88. The highest BCUT2D eigenvalue weighted by Crippen LogP contribution is 2.32. The van der Waals surface area contributed by atoms with Gasteiger partial charge in [-0.3, -0.25) is 9.52 Å². The van der Waals surface area contributed by atoms with Crippen LogP contribution in [0.3, 0.4) is 0 Å². The van der Waals surface area contributed by atoms with E-state index >= 15 is 0 Å². The number of nitrogens with one attached hydrogen (secondary N) is 1. The number of hydrogen-bond acceptors (Lipinski definition) is 6. The van der Waals surface area contributed by atoms with Crippen LogP contribution in [0.15, 0.2) is 30.5 Å². The molecule has 33 heavy (non-hydrogen) atoms. The summed E-state index contributed by atoms with van der Waals surface area (Å²) >= 11 is 0. The van der Waals surface area contributed by atoms with Crippen LogP contribution >= 0.6 is 0 Å². The number of carbonyl (C=O) groups is 1. The maximum Gasteiger partial charge on any atom is 0.237 e. The van der Waals surface area contributed by atoms with Gasteiger partial charge in [-0.05, 0) is 78.5 Å². The minimum Gasteiger partial charge on any atom is -0.304 e. The van der Waals surface area contributed by atoms with E-state index in [1.165, 1.54) is 24.4 Å². The van der Waals surface area contributed by atoms with Crippen LogP contribution in [0.4, 0.5) is 4.39 Å². The Morgan fingerprint density at radius 3 is 2.55 bits per heavy atom. The summed E-state index contributed by atoms with van der Waals surface area (Å²) < 4.78 is 41.5. The van der Waals surface area contributed by atoms with Gasteiger partial charge in [0, 0.05) is 6.20 Å². The van der Waals surface area contributed by atoms with Gasteiger partial charge in [0.05, 0.1) is 12.2 Å². The van der Waals surface area contributed by atoms with Gasteiger partial charge in [-0.2, -0.15) is 5.26 Å². The Bertz CT molecular complexity index is 1120. The van der Waals surface area contributed by atoms with Crippen molar-refractivity contribution in [3.05, 3.63) is 53.1 Å². The lowest BCUT2D eigenvalue weighted by Crippen LogP contribution is -2.35. The van der Waals surface area contributed by atoms with Gasteiger partial charge in [0.25, 0.3) is 0 Å². The van der Waals surface area contributed by atoms with Gasteiger partial charge in [0.2, 0.25) is 15.9 Å². The van der Waals surface area contributed by atoms with Crippen molar-refractivity contribution in [3.8, 4) is 17.2 Å². The smallest absolute Gasteiger partial charge is 0.237 e. The Morgan fingerprint density at radius 1 is 1.24 bits per heavy atom. The number of nitrogens with zero attached hydrogens (tertiary/aromatic N) is 3. The molecule has 0 saturated carbocycles. The van der Waals surface area contributed by atoms with Crippen LogP contribution in [-0.2, 0) is 21.2 Å². The largest absolute Gasteiger partial charge is 0.304 e. The van der Waals surface area contributed by atoms with Crippen molar-refractivity contribution in [2.45, 2.75) is 46.5 Å². The number of aromatic nitrogens is 1. The number of benzene rings is 1. The standard InChI is InChI=1S/C24H31FN4O3S/c1-5-29(6-2)10-7-11-33(31,32)28-24(30)15-23-21(17(3)4)13-19(25)14-22(23)18-8-9-27-20(12-18)16-26/h8-9,12-14,17H,5-7,10-11,15H2,1-4H3,(H,28,30). The van der Waals surface area contributed by atoms with Crippen LogP contribution in [0, 0.1) is 17.1 Å². The number of nitriles is 1. The predicted octanol–water partition coefficient (Wildman–Crippen LogP) is 3.60. The third-order valence-electron chi connectivity index (χ3n) is 5.45. The van der Waals surface area contributed by atoms with Gasteiger partial charge < -0.3 is 4.90 Å². The first-order chi connectivity index (χ1) is 15.6. The molecule has 1 N–H and O–H groups in total. The monoisotopic (exact) mass is 474 g/mol. The van der Waals surface area contributed by atoms with E-state index in [9.17, 15) is 17.6 Å². The summed E-state index contributed by atoms with van der Waals surface area (Å²) in [5.74, 6) is -1.41. The van der Waals surface area contributed by atoms with Crippen LogP contribution in [0.1, 0.15) is 56.9 Å². The fraction of sp³-hybridized carbons (Fsp3) is 0.458. The van der Waals surface area contributed by atoms with E-state index in [1.54, 1.807) is 6.07 Å². The molecule has 0 atom stereocenters. The molecule has 1 heterocycles. The molecular weight excluding hydrogens is 443 g/mol. The summed E-state index contributed by atoms with van der Waals surface area (Å²) in [6.45, 7) is 10.1. The highest BCUT2D eigenvalue weighted by atomic mass is 32.2. The van der Waals surface area contributed by atoms with E-state index in [0.29, 0.717) is 35.2 Å². The Balaban J connectivity index is 2.30. The predicted molar refractivity (Wildman–Crippen MR) is 126 cm³/mol. The van der Waals surface area contributed by atoms with Gasteiger partial charge >= 0.3 is 0 Å². The summed E-state index contributed by atoms with van der Waals surface area (Å²) in [7, 11) is -3.80. The summed E-state index contributed by atoms with van der Waals surface area (Å²) in [4.78, 5) is 18.8. The van der Waals surface area contributed by atoms with Gasteiger partial charge in [-0.15, -0.1) is 0 Å². The summed E-state index contributed by atoms with van der Waals surface area (Å²) in [5, 5.41) is 9.16. The average molecular weight is 475 g/mol. The molecule has 1 amide bonds. The number of hydrogen-bond donors (Lipinski definition) is 1. The van der Waals surface area contributed by atoms with Crippen LogP contribution in [0.5, 0.6) is 0 Å². The van der Waals surface area contributed by atoms with Crippen molar-refractivity contribution in [2.24, 2.45) is 0 Å². The van der Waals surface area contributed by atoms with Crippen molar-refractivity contribution in [1.29, 1.82) is 5.26 Å². The van der Waals surface area contributed by atoms with Gasteiger partial charge in [0.1, 0.15) is 17.6 Å².